The Bertz CT molecular complexity index is 926. The number of nitrogens with zero attached hydrogens (tertiary/aromatic N) is 2. The number of carbonyl (C=O) groups excluding carboxylic acids is 1. The molecule has 5 nitrogen and oxygen atoms in total. The van der Waals surface area contributed by atoms with Gasteiger partial charge in [-0.2, -0.15) is 0 Å². The maximum Gasteiger partial charge on any atom is 0.257 e. The SMILES string of the molecule is O=C(c1ccc(-c2ccc3c(c2)OCO3)cc1F)N1CCC[C@H]1CN1CCCC1. The highest BCUT2D eigenvalue weighted by atomic mass is 19.1. The monoisotopic (exact) mass is 396 g/mol. The molecule has 6 heteroatoms. The molecule has 1 atom stereocenters. The number of hydrogen-bond donors (Lipinski definition) is 0. The summed E-state index contributed by atoms with van der Waals surface area (Å²) in [5, 5.41) is 0. The third-order valence-corrected chi connectivity index (χ3v) is 6.21. The van der Waals surface area contributed by atoms with Gasteiger partial charge >= 0.3 is 0 Å². The second-order valence-corrected chi connectivity index (χ2v) is 8.06. The summed E-state index contributed by atoms with van der Waals surface area (Å²) in [5.41, 5.74) is 1.70. The predicted molar refractivity (Wildman–Crippen MR) is 108 cm³/mol. The van der Waals surface area contributed by atoms with Gasteiger partial charge in [0.05, 0.1) is 5.56 Å². The fraction of sp³-hybridized carbons (Fsp3) is 0.435. The van der Waals surface area contributed by atoms with Crippen molar-refractivity contribution in [2.24, 2.45) is 0 Å². The number of ether oxygens (including phenoxy) is 2. The van der Waals surface area contributed by atoms with E-state index in [4.69, 9.17) is 9.47 Å². The van der Waals surface area contributed by atoms with Gasteiger partial charge in [-0.1, -0.05) is 12.1 Å². The first-order valence-corrected chi connectivity index (χ1v) is 10.4. The maximum atomic E-state index is 14.9. The van der Waals surface area contributed by atoms with Crippen LogP contribution in [0.4, 0.5) is 4.39 Å². The van der Waals surface area contributed by atoms with Gasteiger partial charge in [0, 0.05) is 19.1 Å². The molecule has 0 aliphatic carbocycles. The number of fused-ring (bicyclic) bond motifs is 1. The molecule has 0 spiro atoms. The molecule has 2 saturated heterocycles. The second-order valence-electron chi connectivity index (χ2n) is 8.06. The third kappa shape index (κ3) is 3.57. The van der Waals surface area contributed by atoms with Gasteiger partial charge in [0.25, 0.3) is 5.91 Å². The number of carbonyl (C=O) groups is 1. The van der Waals surface area contributed by atoms with Crippen molar-refractivity contribution in [1.82, 2.24) is 9.80 Å². The zero-order valence-corrected chi connectivity index (χ0v) is 16.4. The van der Waals surface area contributed by atoms with Crippen LogP contribution < -0.4 is 9.47 Å². The number of likely N-dealkylation sites (tertiary alicyclic amines) is 2. The molecule has 3 heterocycles. The highest BCUT2D eigenvalue weighted by Gasteiger charge is 2.32. The molecule has 2 fully saturated rings. The van der Waals surface area contributed by atoms with Gasteiger partial charge in [-0.3, -0.25) is 4.79 Å². The van der Waals surface area contributed by atoms with E-state index in [1.54, 1.807) is 12.1 Å². The molecule has 2 aromatic carbocycles. The Kier molecular flexibility index (Phi) is 4.87. The van der Waals surface area contributed by atoms with E-state index in [1.165, 1.54) is 18.9 Å². The molecule has 3 aliphatic rings. The summed E-state index contributed by atoms with van der Waals surface area (Å²) in [6, 6.07) is 10.6. The second kappa shape index (κ2) is 7.67. The Balaban J connectivity index is 1.35. The molecule has 2 aromatic rings. The average molecular weight is 396 g/mol. The van der Waals surface area contributed by atoms with Crippen molar-refractivity contribution in [2.45, 2.75) is 31.7 Å². The summed E-state index contributed by atoms with van der Waals surface area (Å²) in [5.74, 6) is 0.683. The fourth-order valence-electron chi connectivity index (χ4n) is 4.66. The largest absolute Gasteiger partial charge is 0.454 e. The molecule has 0 bridgehead atoms. The van der Waals surface area contributed by atoms with Crippen molar-refractivity contribution in [3.8, 4) is 22.6 Å². The number of rotatable bonds is 4. The Morgan fingerprint density at radius 1 is 0.966 bits per heavy atom. The lowest BCUT2D eigenvalue weighted by Gasteiger charge is -2.28. The van der Waals surface area contributed by atoms with Crippen LogP contribution in [-0.4, -0.2) is 54.7 Å². The molecule has 0 aromatic heterocycles. The van der Waals surface area contributed by atoms with Gasteiger partial charge < -0.3 is 19.3 Å². The topological polar surface area (TPSA) is 42.0 Å². The van der Waals surface area contributed by atoms with Gasteiger partial charge in [0.2, 0.25) is 6.79 Å². The van der Waals surface area contributed by atoms with Crippen LogP contribution in [-0.2, 0) is 0 Å². The van der Waals surface area contributed by atoms with Crippen LogP contribution in [0.1, 0.15) is 36.0 Å². The van der Waals surface area contributed by atoms with Gasteiger partial charge in [0.1, 0.15) is 5.82 Å². The molecular weight excluding hydrogens is 371 g/mol. The molecule has 152 valence electrons. The van der Waals surface area contributed by atoms with E-state index in [-0.39, 0.29) is 24.3 Å². The number of benzene rings is 2. The molecule has 0 unspecified atom stereocenters. The summed E-state index contributed by atoms with van der Waals surface area (Å²) in [6.07, 6.45) is 4.45. The van der Waals surface area contributed by atoms with Crippen LogP contribution in [0.2, 0.25) is 0 Å². The van der Waals surface area contributed by atoms with Gasteiger partial charge in [0.15, 0.2) is 11.5 Å². The van der Waals surface area contributed by atoms with Crippen LogP contribution in [0.15, 0.2) is 36.4 Å². The zero-order valence-electron chi connectivity index (χ0n) is 16.4. The summed E-state index contributed by atoms with van der Waals surface area (Å²) in [4.78, 5) is 17.4. The van der Waals surface area contributed by atoms with Crippen molar-refractivity contribution < 1.29 is 18.7 Å². The normalized spacial score (nSPS) is 21.1. The minimum Gasteiger partial charge on any atom is -0.454 e. The van der Waals surface area contributed by atoms with Crippen molar-refractivity contribution in [3.05, 3.63) is 47.8 Å². The van der Waals surface area contributed by atoms with Crippen molar-refractivity contribution in [3.63, 3.8) is 0 Å². The summed E-state index contributed by atoms with van der Waals surface area (Å²) in [7, 11) is 0. The first-order valence-electron chi connectivity index (χ1n) is 10.4. The molecule has 3 aliphatic heterocycles. The summed E-state index contributed by atoms with van der Waals surface area (Å²) < 4.78 is 25.7. The molecule has 0 radical (unpaired) electrons. The highest BCUT2D eigenvalue weighted by Crippen LogP contribution is 2.36. The third-order valence-electron chi connectivity index (χ3n) is 6.21. The molecule has 0 N–H and O–H groups in total. The van der Waals surface area contributed by atoms with E-state index in [1.807, 2.05) is 23.1 Å². The Labute approximate surface area is 170 Å². The molecule has 5 rings (SSSR count). The Morgan fingerprint density at radius 2 is 1.72 bits per heavy atom. The quantitative estimate of drug-likeness (QED) is 0.786. The lowest BCUT2D eigenvalue weighted by molar-refractivity contribution is 0.0704. The first-order chi connectivity index (χ1) is 14.2. The zero-order chi connectivity index (χ0) is 19.8. The lowest BCUT2D eigenvalue weighted by atomic mass is 10.0. The molecule has 29 heavy (non-hydrogen) atoms. The van der Waals surface area contributed by atoms with Crippen LogP contribution >= 0.6 is 0 Å². The van der Waals surface area contributed by atoms with E-state index >= 15 is 0 Å². The van der Waals surface area contributed by atoms with E-state index < -0.39 is 5.82 Å². The Morgan fingerprint density at radius 3 is 2.55 bits per heavy atom. The van der Waals surface area contributed by atoms with E-state index in [2.05, 4.69) is 4.90 Å². The van der Waals surface area contributed by atoms with Crippen LogP contribution in [0, 0.1) is 5.82 Å². The van der Waals surface area contributed by atoms with Crippen molar-refractivity contribution >= 4 is 5.91 Å². The van der Waals surface area contributed by atoms with E-state index in [0.717, 1.165) is 38.0 Å². The van der Waals surface area contributed by atoms with Gasteiger partial charge in [-0.05, 0) is 74.2 Å². The van der Waals surface area contributed by atoms with Gasteiger partial charge in [-0.25, -0.2) is 4.39 Å². The number of amides is 1. The Hall–Kier alpha value is -2.60. The smallest absolute Gasteiger partial charge is 0.257 e. The highest BCUT2D eigenvalue weighted by molar-refractivity contribution is 5.95. The van der Waals surface area contributed by atoms with Crippen molar-refractivity contribution in [1.29, 1.82) is 0 Å². The maximum absolute atomic E-state index is 14.9. The standard InChI is InChI=1S/C23H25FN2O3/c24-20-12-16(17-6-8-21-22(13-17)29-15-28-21)5-7-19(20)23(27)26-11-3-4-18(26)14-25-9-1-2-10-25/h5-8,12-13,18H,1-4,9-11,14-15H2/t18-/m0/s1. The van der Waals surface area contributed by atoms with Gasteiger partial charge in [-0.15, -0.1) is 0 Å². The number of halogens is 1. The van der Waals surface area contributed by atoms with Crippen molar-refractivity contribution in [2.75, 3.05) is 33.0 Å². The average Bonchev–Trinajstić information content (AvgIpc) is 3.49. The summed E-state index contributed by atoms with van der Waals surface area (Å²) >= 11 is 0. The first kappa shape index (κ1) is 18.4. The minimum atomic E-state index is -0.475. The minimum absolute atomic E-state index is 0.155. The van der Waals surface area contributed by atoms with Crippen LogP contribution in [0.25, 0.3) is 11.1 Å². The predicted octanol–water partition coefficient (Wildman–Crippen LogP) is 3.92. The van der Waals surface area contributed by atoms with Crippen LogP contribution in [0.3, 0.4) is 0 Å². The number of hydrogen-bond acceptors (Lipinski definition) is 4. The molecule has 1 amide bonds. The molecular formula is C23H25FN2O3. The molecule has 0 saturated carbocycles. The van der Waals surface area contributed by atoms with E-state index in [9.17, 15) is 9.18 Å². The fourth-order valence-corrected chi connectivity index (χ4v) is 4.66. The van der Waals surface area contributed by atoms with E-state index in [0.29, 0.717) is 23.6 Å². The summed E-state index contributed by atoms with van der Waals surface area (Å²) in [6.45, 7) is 4.03. The lowest BCUT2D eigenvalue weighted by Crippen LogP contribution is -2.42. The van der Waals surface area contributed by atoms with Crippen LogP contribution in [0.5, 0.6) is 11.5 Å².